The molecule has 2 rings (SSSR count). The Kier molecular flexibility index (Phi) is 6.69. The Labute approximate surface area is 164 Å². The van der Waals surface area contributed by atoms with E-state index in [1.807, 2.05) is 6.07 Å². The lowest BCUT2D eigenvalue weighted by Gasteiger charge is -2.14. The van der Waals surface area contributed by atoms with Gasteiger partial charge in [-0.15, -0.1) is 0 Å². The van der Waals surface area contributed by atoms with Crippen LogP contribution in [-0.4, -0.2) is 32.7 Å². The number of nitrogens with zero attached hydrogens (tertiary/aromatic N) is 1. The van der Waals surface area contributed by atoms with Crippen molar-refractivity contribution in [3.05, 3.63) is 57.6 Å². The zero-order valence-corrected chi connectivity index (χ0v) is 17.0. The fourth-order valence-corrected chi connectivity index (χ4v) is 3.65. The molecule has 2 aromatic carbocycles. The van der Waals surface area contributed by atoms with Crippen molar-refractivity contribution in [1.82, 2.24) is 4.31 Å². The highest BCUT2D eigenvalue weighted by Gasteiger charge is 2.18. The third kappa shape index (κ3) is 4.76. The van der Waals surface area contributed by atoms with Crippen molar-refractivity contribution in [2.75, 3.05) is 19.4 Å². The van der Waals surface area contributed by atoms with Crippen LogP contribution in [0.3, 0.4) is 0 Å². The summed E-state index contributed by atoms with van der Waals surface area (Å²) in [6.07, 6.45) is 0.629. The van der Waals surface area contributed by atoms with Gasteiger partial charge >= 0.3 is 0 Å². The van der Waals surface area contributed by atoms with Crippen molar-refractivity contribution < 1.29 is 13.2 Å². The number of hydrogen-bond donors (Lipinski definition) is 1. The van der Waals surface area contributed by atoms with Gasteiger partial charge in [0.15, 0.2) is 0 Å². The maximum atomic E-state index is 12.3. The molecular formula is C18H20Cl2N2O3S. The quantitative estimate of drug-likeness (QED) is 0.772. The number of halogens is 2. The molecule has 0 atom stereocenters. The van der Waals surface area contributed by atoms with E-state index in [1.165, 1.54) is 26.2 Å². The number of aryl methyl sites for hydroxylation is 2. The molecule has 8 heteroatoms. The monoisotopic (exact) mass is 414 g/mol. The zero-order valence-electron chi connectivity index (χ0n) is 14.7. The SMILES string of the molecule is Cc1ccc(S(=O)(=O)N(C)C)cc1NC(=O)CCc1cccc(Cl)c1Cl. The Balaban J connectivity index is 2.13. The van der Waals surface area contributed by atoms with Crippen LogP contribution in [0.4, 0.5) is 5.69 Å². The Morgan fingerprint density at radius 1 is 1.15 bits per heavy atom. The summed E-state index contributed by atoms with van der Waals surface area (Å²) in [4.78, 5) is 12.4. The lowest BCUT2D eigenvalue weighted by molar-refractivity contribution is -0.116. The van der Waals surface area contributed by atoms with Crippen LogP contribution in [0.5, 0.6) is 0 Å². The molecule has 0 heterocycles. The normalized spacial score (nSPS) is 11.6. The van der Waals surface area contributed by atoms with Crippen LogP contribution in [-0.2, 0) is 21.2 Å². The van der Waals surface area contributed by atoms with Gasteiger partial charge in [0.1, 0.15) is 0 Å². The van der Waals surface area contributed by atoms with Gasteiger partial charge in [-0.2, -0.15) is 0 Å². The Bertz CT molecular complexity index is 928. The van der Waals surface area contributed by atoms with E-state index in [1.54, 1.807) is 25.1 Å². The minimum Gasteiger partial charge on any atom is -0.326 e. The van der Waals surface area contributed by atoms with Crippen LogP contribution in [0.1, 0.15) is 17.5 Å². The first-order valence-corrected chi connectivity index (χ1v) is 10.1. The standard InChI is InChI=1S/C18H20Cl2N2O3S/c1-12-7-9-14(26(24,25)22(2)3)11-16(12)21-17(23)10-8-13-5-4-6-15(19)18(13)20/h4-7,9,11H,8,10H2,1-3H3,(H,21,23). The van der Waals surface area contributed by atoms with Crippen LogP contribution in [0.15, 0.2) is 41.3 Å². The lowest BCUT2D eigenvalue weighted by Crippen LogP contribution is -2.22. The molecule has 140 valence electrons. The maximum Gasteiger partial charge on any atom is 0.242 e. The molecule has 5 nitrogen and oxygen atoms in total. The molecule has 0 aliphatic heterocycles. The fraction of sp³-hybridized carbons (Fsp3) is 0.278. The van der Waals surface area contributed by atoms with Crippen LogP contribution >= 0.6 is 23.2 Å². The van der Waals surface area contributed by atoms with Gasteiger partial charge in [0.05, 0.1) is 14.9 Å². The molecule has 0 aliphatic rings. The second-order valence-electron chi connectivity index (χ2n) is 6.03. The molecule has 0 saturated heterocycles. The minimum absolute atomic E-state index is 0.126. The molecule has 0 aliphatic carbocycles. The maximum absolute atomic E-state index is 12.3. The van der Waals surface area contributed by atoms with Crippen LogP contribution in [0.25, 0.3) is 0 Å². The molecular weight excluding hydrogens is 395 g/mol. The molecule has 1 amide bonds. The predicted molar refractivity (Wildman–Crippen MR) is 105 cm³/mol. The average molecular weight is 415 g/mol. The zero-order chi connectivity index (χ0) is 19.5. The van der Waals surface area contributed by atoms with Gasteiger partial charge in [-0.05, 0) is 42.7 Å². The smallest absolute Gasteiger partial charge is 0.242 e. The van der Waals surface area contributed by atoms with Crippen LogP contribution in [0.2, 0.25) is 10.0 Å². The lowest BCUT2D eigenvalue weighted by atomic mass is 10.1. The summed E-state index contributed by atoms with van der Waals surface area (Å²) < 4.78 is 25.6. The molecule has 0 aromatic heterocycles. The van der Waals surface area contributed by atoms with Gasteiger partial charge in [-0.1, -0.05) is 41.4 Å². The van der Waals surface area contributed by atoms with E-state index in [4.69, 9.17) is 23.2 Å². The molecule has 0 bridgehead atoms. The molecule has 26 heavy (non-hydrogen) atoms. The number of sulfonamides is 1. The number of nitrogens with one attached hydrogen (secondary N) is 1. The minimum atomic E-state index is -3.57. The number of carbonyl (C=O) groups is 1. The van der Waals surface area contributed by atoms with Crippen molar-refractivity contribution in [2.45, 2.75) is 24.7 Å². The van der Waals surface area contributed by atoms with E-state index in [-0.39, 0.29) is 17.2 Å². The predicted octanol–water partition coefficient (Wildman–Crippen LogP) is 4.12. The Morgan fingerprint density at radius 3 is 2.50 bits per heavy atom. The molecule has 0 unspecified atom stereocenters. The summed E-state index contributed by atoms with van der Waals surface area (Å²) >= 11 is 12.1. The summed E-state index contributed by atoms with van der Waals surface area (Å²) in [6, 6.07) is 9.94. The number of benzene rings is 2. The summed E-state index contributed by atoms with van der Waals surface area (Å²) in [5.41, 5.74) is 2.03. The van der Waals surface area contributed by atoms with E-state index in [0.29, 0.717) is 22.2 Å². The van der Waals surface area contributed by atoms with Crippen LogP contribution < -0.4 is 5.32 Å². The fourth-order valence-electron chi connectivity index (χ4n) is 2.31. The highest BCUT2D eigenvalue weighted by molar-refractivity contribution is 7.89. The van der Waals surface area contributed by atoms with E-state index in [0.717, 1.165) is 15.4 Å². The van der Waals surface area contributed by atoms with E-state index >= 15 is 0 Å². The second kappa shape index (κ2) is 8.39. The molecule has 0 radical (unpaired) electrons. The van der Waals surface area contributed by atoms with Crippen molar-refractivity contribution in [3.63, 3.8) is 0 Å². The molecule has 0 saturated carbocycles. The third-order valence-corrected chi connectivity index (χ3v) is 6.58. The summed E-state index contributed by atoms with van der Waals surface area (Å²) in [5.74, 6) is -0.233. The van der Waals surface area contributed by atoms with Gasteiger partial charge in [0.2, 0.25) is 15.9 Å². The first kappa shape index (κ1) is 20.7. The average Bonchev–Trinajstić information content (AvgIpc) is 2.58. The number of amides is 1. The number of rotatable bonds is 6. The second-order valence-corrected chi connectivity index (χ2v) is 8.96. The van der Waals surface area contributed by atoms with E-state index < -0.39 is 10.0 Å². The number of anilines is 1. The highest BCUT2D eigenvalue weighted by Crippen LogP contribution is 2.27. The first-order valence-electron chi connectivity index (χ1n) is 7.89. The topological polar surface area (TPSA) is 66.5 Å². The van der Waals surface area contributed by atoms with Crippen molar-refractivity contribution in [1.29, 1.82) is 0 Å². The number of carbonyl (C=O) groups excluding carboxylic acids is 1. The van der Waals surface area contributed by atoms with Crippen molar-refractivity contribution in [2.24, 2.45) is 0 Å². The van der Waals surface area contributed by atoms with Gasteiger partial charge in [0.25, 0.3) is 0 Å². The van der Waals surface area contributed by atoms with Gasteiger partial charge in [-0.25, -0.2) is 12.7 Å². The van der Waals surface area contributed by atoms with Gasteiger partial charge < -0.3 is 5.32 Å². The van der Waals surface area contributed by atoms with Gasteiger partial charge in [0, 0.05) is 26.2 Å². The first-order chi connectivity index (χ1) is 12.1. The van der Waals surface area contributed by atoms with Gasteiger partial charge in [-0.3, -0.25) is 4.79 Å². The molecule has 0 spiro atoms. The van der Waals surface area contributed by atoms with E-state index in [9.17, 15) is 13.2 Å². The van der Waals surface area contributed by atoms with E-state index in [2.05, 4.69) is 5.32 Å². The molecule has 0 fully saturated rings. The van der Waals surface area contributed by atoms with Crippen molar-refractivity contribution >= 4 is 44.8 Å². The summed E-state index contributed by atoms with van der Waals surface area (Å²) in [6.45, 7) is 1.80. The van der Waals surface area contributed by atoms with Crippen molar-refractivity contribution in [3.8, 4) is 0 Å². The Morgan fingerprint density at radius 2 is 1.85 bits per heavy atom. The largest absolute Gasteiger partial charge is 0.326 e. The number of hydrogen-bond acceptors (Lipinski definition) is 3. The molecule has 1 N–H and O–H groups in total. The van der Waals surface area contributed by atoms with Crippen LogP contribution in [0, 0.1) is 6.92 Å². The Hall–Kier alpha value is -1.60. The third-order valence-electron chi connectivity index (χ3n) is 3.91. The molecule has 2 aromatic rings. The summed E-state index contributed by atoms with van der Waals surface area (Å²) in [5, 5.41) is 3.66. The summed E-state index contributed by atoms with van der Waals surface area (Å²) in [7, 11) is -0.647. The highest BCUT2D eigenvalue weighted by atomic mass is 35.5.